The first kappa shape index (κ1) is 11.4. The maximum absolute atomic E-state index is 13.8. The fourth-order valence-corrected chi connectivity index (χ4v) is 1.61. The van der Waals surface area contributed by atoms with Crippen molar-refractivity contribution >= 4 is 5.95 Å². The average Bonchev–Trinajstić information content (AvgIpc) is 2.60. The van der Waals surface area contributed by atoms with Crippen LogP contribution in [0.25, 0.3) is 11.3 Å². The van der Waals surface area contributed by atoms with Gasteiger partial charge in [-0.25, -0.2) is 13.8 Å². The van der Waals surface area contributed by atoms with Crippen molar-refractivity contribution in [1.82, 2.24) is 9.97 Å². The quantitative estimate of drug-likeness (QED) is 0.844. The molecule has 0 amide bonds. The van der Waals surface area contributed by atoms with Crippen LogP contribution in [0.2, 0.25) is 0 Å². The maximum atomic E-state index is 13.8. The molecule has 17 heavy (non-hydrogen) atoms. The number of methoxy groups -OCH3 is 1. The summed E-state index contributed by atoms with van der Waals surface area (Å²) in [6.45, 7) is 1.68. The molecule has 1 aromatic carbocycles. The number of nitrogen functional groups attached to an aromatic ring is 1. The van der Waals surface area contributed by atoms with E-state index in [1.54, 1.807) is 6.92 Å². The zero-order valence-electron chi connectivity index (χ0n) is 9.34. The summed E-state index contributed by atoms with van der Waals surface area (Å²) in [6.07, 6.45) is 0. The zero-order chi connectivity index (χ0) is 12.6. The van der Waals surface area contributed by atoms with Crippen LogP contribution in [0.15, 0.2) is 12.1 Å². The van der Waals surface area contributed by atoms with Crippen molar-refractivity contribution in [2.24, 2.45) is 0 Å². The fraction of sp³-hybridized carbons (Fsp3) is 0.182. The SMILES string of the molecule is COc1cc(F)c(-c2nc(N)[nH]c2C)cc1F. The number of rotatable bonds is 2. The number of nitrogens with two attached hydrogens (primary N) is 1. The smallest absolute Gasteiger partial charge is 0.198 e. The topological polar surface area (TPSA) is 63.9 Å². The second-order valence-corrected chi connectivity index (χ2v) is 3.56. The third kappa shape index (κ3) is 1.93. The highest BCUT2D eigenvalue weighted by atomic mass is 19.1. The lowest BCUT2D eigenvalue weighted by molar-refractivity contribution is 0.383. The molecule has 0 saturated carbocycles. The molecule has 90 valence electrons. The van der Waals surface area contributed by atoms with Crippen molar-refractivity contribution < 1.29 is 13.5 Å². The monoisotopic (exact) mass is 239 g/mol. The van der Waals surface area contributed by atoms with Gasteiger partial charge in [0.2, 0.25) is 0 Å². The van der Waals surface area contributed by atoms with E-state index in [9.17, 15) is 8.78 Å². The zero-order valence-corrected chi connectivity index (χ0v) is 9.34. The van der Waals surface area contributed by atoms with Crippen molar-refractivity contribution in [3.63, 3.8) is 0 Å². The molecule has 0 radical (unpaired) electrons. The maximum Gasteiger partial charge on any atom is 0.198 e. The Morgan fingerprint density at radius 1 is 1.29 bits per heavy atom. The van der Waals surface area contributed by atoms with Gasteiger partial charge in [0.25, 0.3) is 0 Å². The summed E-state index contributed by atoms with van der Waals surface area (Å²) >= 11 is 0. The molecular formula is C11H11F2N3O. The Labute approximate surface area is 96.4 Å². The van der Waals surface area contributed by atoms with E-state index in [0.29, 0.717) is 11.4 Å². The van der Waals surface area contributed by atoms with Crippen molar-refractivity contribution in [1.29, 1.82) is 0 Å². The summed E-state index contributed by atoms with van der Waals surface area (Å²) in [5.74, 6) is -1.25. The number of aromatic amines is 1. The Bertz CT molecular complexity index is 566. The van der Waals surface area contributed by atoms with Gasteiger partial charge in [-0.3, -0.25) is 0 Å². The van der Waals surface area contributed by atoms with E-state index in [0.717, 1.165) is 12.1 Å². The van der Waals surface area contributed by atoms with Crippen LogP contribution in [-0.2, 0) is 0 Å². The number of imidazole rings is 1. The lowest BCUT2D eigenvalue weighted by Crippen LogP contribution is -1.94. The lowest BCUT2D eigenvalue weighted by atomic mass is 10.1. The van der Waals surface area contributed by atoms with Crippen LogP contribution in [0.5, 0.6) is 5.75 Å². The van der Waals surface area contributed by atoms with Crippen LogP contribution in [0.1, 0.15) is 5.69 Å². The normalized spacial score (nSPS) is 10.6. The van der Waals surface area contributed by atoms with Gasteiger partial charge in [0.1, 0.15) is 5.82 Å². The minimum Gasteiger partial charge on any atom is -0.494 e. The van der Waals surface area contributed by atoms with Crippen molar-refractivity contribution in [2.45, 2.75) is 6.92 Å². The van der Waals surface area contributed by atoms with E-state index < -0.39 is 11.6 Å². The number of nitrogens with one attached hydrogen (secondary N) is 1. The van der Waals surface area contributed by atoms with E-state index in [1.165, 1.54) is 7.11 Å². The fourth-order valence-electron chi connectivity index (χ4n) is 1.61. The minimum absolute atomic E-state index is 0.0498. The van der Waals surface area contributed by atoms with Gasteiger partial charge in [-0.1, -0.05) is 0 Å². The minimum atomic E-state index is -0.648. The Balaban J connectivity index is 2.60. The van der Waals surface area contributed by atoms with Gasteiger partial charge >= 0.3 is 0 Å². The van der Waals surface area contributed by atoms with Gasteiger partial charge in [0.15, 0.2) is 17.5 Å². The molecule has 0 spiro atoms. The highest BCUT2D eigenvalue weighted by Crippen LogP contribution is 2.29. The largest absolute Gasteiger partial charge is 0.494 e. The van der Waals surface area contributed by atoms with E-state index in [4.69, 9.17) is 5.73 Å². The number of hydrogen-bond acceptors (Lipinski definition) is 3. The van der Waals surface area contributed by atoms with E-state index in [2.05, 4.69) is 14.7 Å². The van der Waals surface area contributed by atoms with Crippen LogP contribution in [0.3, 0.4) is 0 Å². The third-order valence-corrected chi connectivity index (χ3v) is 2.40. The molecule has 0 fully saturated rings. The van der Waals surface area contributed by atoms with Gasteiger partial charge < -0.3 is 15.5 Å². The number of ether oxygens (including phenoxy) is 1. The molecule has 2 aromatic rings. The van der Waals surface area contributed by atoms with E-state index in [1.807, 2.05) is 0 Å². The Kier molecular flexibility index (Phi) is 2.71. The first-order valence-electron chi connectivity index (χ1n) is 4.88. The third-order valence-electron chi connectivity index (χ3n) is 2.40. The first-order chi connectivity index (χ1) is 8.02. The molecule has 0 bridgehead atoms. The summed E-state index contributed by atoms with van der Waals surface area (Å²) in [7, 11) is 1.27. The Morgan fingerprint density at radius 2 is 2.00 bits per heavy atom. The molecule has 6 heteroatoms. The van der Waals surface area contributed by atoms with Gasteiger partial charge in [0.05, 0.1) is 12.8 Å². The van der Waals surface area contributed by atoms with Crippen LogP contribution in [0, 0.1) is 18.6 Å². The van der Waals surface area contributed by atoms with Gasteiger partial charge in [0, 0.05) is 17.3 Å². The highest BCUT2D eigenvalue weighted by molar-refractivity contribution is 5.65. The van der Waals surface area contributed by atoms with Gasteiger partial charge in [-0.05, 0) is 13.0 Å². The number of H-pyrrole nitrogens is 1. The molecule has 1 heterocycles. The molecular weight excluding hydrogens is 228 g/mol. The van der Waals surface area contributed by atoms with Crippen LogP contribution in [0.4, 0.5) is 14.7 Å². The second kappa shape index (κ2) is 4.04. The number of halogens is 2. The summed E-state index contributed by atoms with van der Waals surface area (Å²) in [5, 5.41) is 0. The number of aryl methyl sites for hydroxylation is 1. The molecule has 3 N–H and O–H groups in total. The number of anilines is 1. The number of hydrogen-bond donors (Lipinski definition) is 2. The molecule has 0 unspecified atom stereocenters. The second-order valence-electron chi connectivity index (χ2n) is 3.56. The number of nitrogens with zero attached hydrogens (tertiary/aromatic N) is 1. The van der Waals surface area contributed by atoms with Gasteiger partial charge in [-0.2, -0.15) is 0 Å². The molecule has 2 rings (SSSR count). The summed E-state index contributed by atoms with van der Waals surface area (Å²) in [5.41, 5.74) is 6.37. The van der Waals surface area contributed by atoms with Crippen LogP contribution < -0.4 is 10.5 Å². The first-order valence-corrected chi connectivity index (χ1v) is 4.88. The predicted molar refractivity (Wildman–Crippen MR) is 59.6 cm³/mol. The van der Waals surface area contributed by atoms with Crippen LogP contribution in [-0.4, -0.2) is 17.1 Å². The molecule has 0 saturated heterocycles. The molecule has 0 aliphatic carbocycles. The molecule has 1 aromatic heterocycles. The highest BCUT2D eigenvalue weighted by Gasteiger charge is 2.16. The van der Waals surface area contributed by atoms with Crippen molar-refractivity contribution in [3.05, 3.63) is 29.5 Å². The molecule has 0 aliphatic rings. The number of aromatic nitrogens is 2. The molecule has 0 atom stereocenters. The average molecular weight is 239 g/mol. The lowest BCUT2D eigenvalue weighted by Gasteiger charge is -2.05. The molecule has 0 aliphatic heterocycles. The van der Waals surface area contributed by atoms with Gasteiger partial charge in [-0.15, -0.1) is 0 Å². The summed E-state index contributed by atoms with van der Waals surface area (Å²) in [4.78, 5) is 6.64. The van der Waals surface area contributed by atoms with Crippen molar-refractivity contribution in [2.75, 3.05) is 12.8 Å². The summed E-state index contributed by atoms with van der Waals surface area (Å²) < 4.78 is 31.9. The van der Waals surface area contributed by atoms with E-state index in [-0.39, 0.29) is 17.3 Å². The van der Waals surface area contributed by atoms with Crippen LogP contribution >= 0.6 is 0 Å². The Morgan fingerprint density at radius 3 is 2.53 bits per heavy atom. The standard InChI is InChI=1S/C11H11F2N3O/c1-5-10(16-11(14)15-5)6-3-8(13)9(17-2)4-7(6)12/h3-4H,1-2H3,(H3,14,15,16). The summed E-state index contributed by atoms with van der Waals surface area (Å²) in [6, 6.07) is 2.02. The predicted octanol–water partition coefficient (Wildman–Crippen LogP) is 2.25. The van der Waals surface area contributed by atoms with E-state index >= 15 is 0 Å². The Hall–Kier alpha value is -2.11. The number of benzene rings is 1. The van der Waals surface area contributed by atoms with Crippen molar-refractivity contribution in [3.8, 4) is 17.0 Å². The molecule has 4 nitrogen and oxygen atoms in total.